The van der Waals surface area contributed by atoms with Crippen LogP contribution in [0.4, 0.5) is 23.2 Å². The minimum absolute atomic E-state index is 0.0888. The van der Waals surface area contributed by atoms with Crippen molar-refractivity contribution in [1.29, 1.82) is 0 Å². The Morgan fingerprint density at radius 3 is 2.53 bits per heavy atom. The summed E-state index contributed by atoms with van der Waals surface area (Å²) in [6.45, 7) is 2.83. The average Bonchev–Trinajstić information content (AvgIpc) is 3.05. The van der Waals surface area contributed by atoms with Crippen LogP contribution in [-0.2, 0) is 14.2 Å². The lowest BCUT2D eigenvalue weighted by Gasteiger charge is -2.41. The molecule has 2 aliphatic heterocycles. The third-order valence-electron chi connectivity index (χ3n) is 5.41. The molecule has 6 nitrogen and oxygen atoms in total. The summed E-state index contributed by atoms with van der Waals surface area (Å²) in [6.07, 6.45) is 0.113. The topological polar surface area (TPSA) is 74.0 Å². The fourth-order valence-corrected chi connectivity index (χ4v) is 3.79. The monoisotopic (exact) mass is 456 g/mol. The number of ether oxygens (including phenoxy) is 3. The first-order chi connectivity index (χ1) is 15.1. The van der Waals surface area contributed by atoms with E-state index in [-0.39, 0.29) is 30.1 Å². The Balaban J connectivity index is 1.80. The van der Waals surface area contributed by atoms with Crippen LogP contribution in [0.2, 0.25) is 0 Å². The lowest BCUT2D eigenvalue weighted by molar-refractivity contribution is -0.326. The van der Waals surface area contributed by atoms with Crippen LogP contribution in [0.5, 0.6) is 0 Å². The number of hydrogen-bond acceptors (Lipinski definition) is 5. The Labute approximate surface area is 182 Å². The van der Waals surface area contributed by atoms with Crippen LogP contribution in [0, 0.1) is 5.92 Å². The number of hydrogen-bond donors (Lipinski definition) is 1. The molecule has 174 valence electrons. The lowest BCUT2D eigenvalue weighted by Crippen LogP contribution is -2.46. The predicted molar refractivity (Wildman–Crippen MR) is 109 cm³/mol. The Morgan fingerprint density at radius 1 is 1.28 bits per heavy atom. The number of amides is 1. The van der Waals surface area contributed by atoms with Crippen LogP contribution >= 0.6 is 0 Å². The first kappa shape index (κ1) is 23.6. The molecule has 0 bridgehead atoms. The Morgan fingerprint density at radius 2 is 1.94 bits per heavy atom. The zero-order chi connectivity index (χ0) is 23.5. The van der Waals surface area contributed by atoms with Gasteiger partial charge in [-0.3, -0.25) is 4.79 Å². The molecule has 3 rings (SSSR count). The van der Waals surface area contributed by atoms with E-state index in [9.17, 15) is 22.4 Å². The second-order valence-electron chi connectivity index (χ2n) is 7.49. The van der Waals surface area contributed by atoms with Gasteiger partial charge in [-0.15, -0.1) is 8.78 Å². The number of primary amides is 1. The van der Waals surface area contributed by atoms with Crippen molar-refractivity contribution < 1.29 is 36.6 Å². The fraction of sp³-hybridized carbons (Fsp3) is 0.409. The number of rotatable bonds is 7. The molecule has 0 spiro atoms. The lowest BCUT2D eigenvalue weighted by atomic mass is 9.87. The Kier molecular flexibility index (Phi) is 7.12. The smallest absolute Gasteiger partial charge is 0.396 e. The van der Waals surface area contributed by atoms with Gasteiger partial charge < -0.3 is 24.8 Å². The van der Waals surface area contributed by atoms with Crippen molar-refractivity contribution in [3.8, 4) is 0 Å². The third kappa shape index (κ3) is 5.61. The zero-order valence-corrected chi connectivity index (χ0v) is 17.4. The molecule has 1 aromatic carbocycles. The molecule has 1 amide bonds. The van der Waals surface area contributed by atoms with Gasteiger partial charge in [0.15, 0.2) is 11.5 Å². The van der Waals surface area contributed by atoms with Crippen molar-refractivity contribution in [2.75, 3.05) is 18.1 Å². The van der Waals surface area contributed by atoms with Gasteiger partial charge >= 0.3 is 12.9 Å². The maximum Gasteiger partial charge on any atom is 0.586 e. The number of allylic oxidation sites excluding steroid dienone is 2. The summed E-state index contributed by atoms with van der Waals surface area (Å²) < 4.78 is 65.6. The maximum absolute atomic E-state index is 13.4. The van der Waals surface area contributed by atoms with Crippen molar-refractivity contribution in [2.24, 2.45) is 11.7 Å². The van der Waals surface area contributed by atoms with E-state index in [0.29, 0.717) is 36.2 Å². The molecule has 32 heavy (non-hydrogen) atoms. The highest BCUT2D eigenvalue weighted by atomic mass is 19.3. The summed E-state index contributed by atoms with van der Waals surface area (Å²) in [5, 5.41) is 0. The largest absolute Gasteiger partial charge is 0.586 e. The van der Waals surface area contributed by atoms with Gasteiger partial charge in [-0.05, 0) is 61.8 Å². The molecule has 0 saturated carbocycles. The number of carbonyl (C=O) groups is 1. The zero-order valence-electron chi connectivity index (χ0n) is 17.4. The van der Waals surface area contributed by atoms with E-state index >= 15 is 0 Å². The highest BCUT2D eigenvalue weighted by molar-refractivity contribution is 5.93. The van der Waals surface area contributed by atoms with Crippen molar-refractivity contribution in [2.45, 2.75) is 38.7 Å². The van der Waals surface area contributed by atoms with Crippen molar-refractivity contribution in [1.82, 2.24) is 0 Å². The van der Waals surface area contributed by atoms with Crippen LogP contribution in [0.3, 0.4) is 0 Å². The summed E-state index contributed by atoms with van der Waals surface area (Å²) in [5.41, 5.74) is 6.81. The molecule has 2 saturated heterocycles. The number of halogens is 4. The van der Waals surface area contributed by atoms with Crippen LogP contribution in [0.25, 0.3) is 0 Å². The quantitative estimate of drug-likeness (QED) is 0.610. The summed E-state index contributed by atoms with van der Waals surface area (Å²) in [6, 6.07) is 6.10. The number of alkyl halides is 4. The molecule has 2 heterocycles. The molecule has 0 aromatic heterocycles. The van der Waals surface area contributed by atoms with Crippen LogP contribution in [0.15, 0.2) is 60.1 Å². The number of nitrogens with two attached hydrogens (primary N) is 1. The SMILES string of the molecule is C=C(/C=C1/OC(F)(F)O/C1=C/C)[C@@H]1CC[C@@H](COC(F)F)N(c2ccc(C(N)=O)cc2)C1. The minimum Gasteiger partial charge on any atom is -0.396 e. The Bertz CT molecular complexity index is 915. The molecule has 2 atom stereocenters. The Hall–Kier alpha value is -3.01. The molecule has 2 aliphatic rings. The van der Waals surface area contributed by atoms with Crippen molar-refractivity contribution in [3.63, 3.8) is 0 Å². The van der Waals surface area contributed by atoms with Gasteiger partial charge in [0, 0.05) is 23.7 Å². The second-order valence-corrected chi connectivity index (χ2v) is 7.49. The highest BCUT2D eigenvalue weighted by Gasteiger charge is 2.45. The molecule has 2 N–H and O–H groups in total. The van der Waals surface area contributed by atoms with Crippen LogP contribution in [-0.4, -0.2) is 38.0 Å². The van der Waals surface area contributed by atoms with E-state index < -0.39 is 18.8 Å². The van der Waals surface area contributed by atoms with Gasteiger partial charge in [-0.2, -0.15) is 8.78 Å². The standard InChI is InChI=1S/C22H24F4N2O4/c1-3-18-19(32-22(25,26)31-18)10-13(2)15-6-9-17(12-30-21(23)24)28(11-15)16-7-4-14(5-8-16)20(27)29/h3-5,7-8,10,15,17,21H,2,6,9,11-12H2,1H3,(H2,27,29)/b18-3+,19-10+/t15-,17+/m1/s1. The van der Waals surface area contributed by atoms with Gasteiger partial charge in [-0.25, -0.2) is 0 Å². The van der Waals surface area contributed by atoms with Crippen molar-refractivity contribution >= 4 is 11.6 Å². The predicted octanol–water partition coefficient (Wildman–Crippen LogP) is 4.55. The molecule has 10 heteroatoms. The first-order valence-corrected chi connectivity index (χ1v) is 9.99. The van der Waals surface area contributed by atoms with Crippen LogP contribution in [0.1, 0.15) is 30.1 Å². The van der Waals surface area contributed by atoms with Gasteiger partial charge in [0.05, 0.1) is 12.6 Å². The highest BCUT2D eigenvalue weighted by Crippen LogP contribution is 2.39. The fourth-order valence-electron chi connectivity index (χ4n) is 3.79. The van der Waals surface area contributed by atoms with E-state index in [1.54, 1.807) is 31.2 Å². The number of piperidine rings is 1. The first-order valence-electron chi connectivity index (χ1n) is 9.99. The molecule has 2 fully saturated rings. The minimum atomic E-state index is -3.74. The summed E-state index contributed by atoms with van der Waals surface area (Å²) in [5.74, 6) is -0.963. The molecular formula is C22H24F4N2O4. The number of nitrogens with zero attached hydrogens (tertiary/aromatic N) is 1. The van der Waals surface area contributed by atoms with Crippen molar-refractivity contribution in [3.05, 3.63) is 65.7 Å². The molecular weight excluding hydrogens is 432 g/mol. The van der Waals surface area contributed by atoms with Gasteiger partial charge in [0.1, 0.15) is 0 Å². The second kappa shape index (κ2) is 9.64. The number of carbonyl (C=O) groups excluding carboxylic acids is 1. The summed E-state index contributed by atoms with van der Waals surface area (Å²) in [4.78, 5) is 13.2. The molecule has 0 radical (unpaired) electrons. The van der Waals surface area contributed by atoms with E-state index in [1.807, 2.05) is 4.90 Å². The number of benzene rings is 1. The van der Waals surface area contributed by atoms with Gasteiger partial charge in [0.2, 0.25) is 5.91 Å². The van der Waals surface area contributed by atoms with Crippen LogP contribution < -0.4 is 10.6 Å². The molecule has 1 aromatic rings. The van der Waals surface area contributed by atoms with Gasteiger partial charge in [-0.1, -0.05) is 6.58 Å². The van der Waals surface area contributed by atoms with E-state index in [4.69, 9.17) is 5.73 Å². The number of anilines is 1. The molecule has 0 aliphatic carbocycles. The average molecular weight is 456 g/mol. The normalized spacial score (nSPS) is 25.1. The van der Waals surface area contributed by atoms with E-state index in [0.717, 1.165) is 0 Å². The summed E-state index contributed by atoms with van der Waals surface area (Å²) >= 11 is 0. The third-order valence-corrected chi connectivity index (χ3v) is 5.41. The van der Waals surface area contributed by atoms with Gasteiger partial charge in [0.25, 0.3) is 0 Å². The van der Waals surface area contributed by atoms with E-state index in [2.05, 4.69) is 20.8 Å². The molecule has 0 unspecified atom stereocenters. The maximum atomic E-state index is 13.4. The summed E-state index contributed by atoms with van der Waals surface area (Å²) in [7, 11) is 0. The van der Waals surface area contributed by atoms with E-state index in [1.165, 1.54) is 12.2 Å².